The third-order valence-corrected chi connectivity index (χ3v) is 6.25. The molecule has 2 aliphatic rings. The lowest BCUT2D eigenvalue weighted by molar-refractivity contribution is -0.139. The van der Waals surface area contributed by atoms with Crippen LogP contribution in [0.2, 0.25) is 0 Å². The van der Waals surface area contributed by atoms with E-state index in [4.69, 9.17) is 9.26 Å². The average Bonchev–Trinajstić information content (AvgIpc) is 3.29. The van der Waals surface area contributed by atoms with E-state index in [9.17, 15) is 13.2 Å². The molecule has 0 bridgehead atoms. The second-order valence-corrected chi connectivity index (χ2v) is 8.52. The van der Waals surface area contributed by atoms with Crippen LogP contribution >= 0.6 is 0 Å². The fraction of sp³-hybridized carbons (Fsp3) is 0.545. The number of halogens is 3. The van der Waals surface area contributed by atoms with Crippen LogP contribution in [0.25, 0.3) is 10.9 Å². The van der Waals surface area contributed by atoms with Crippen LogP contribution in [0.3, 0.4) is 0 Å². The zero-order valence-electron chi connectivity index (χ0n) is 17.1. The largest absolute Gasteiger partial charge is 0.490 e. The predicted molar refractivity (Wildman–Crippen MR) is 108 cm³/mol. The molecule has 5 rings (SSSR count). The lowest BCUT2D eigenvalue weighted by Crippen LogP contribution is -2.38. The number of nitrogens with zero attached hydrogens (tertiary/aromatic N) is 4. The van der Waals surface area contributed by atoms with Crippen LogP contribution in [0, 0.1) is 0 Å². The number of benzene rings is 1. The molecule has 6 nitrogen and oxygen atoms in total. The molecule has 0 amide bonds. The van der Waals surface area contributed by atoms with Crippen LogP contribution in [0.5, 0.6) is 5.75 Å². The van der Waals surface area contributed by atoms with E-state index in [2.05, 4.69) is 15.0 Å². The highest BCUT2D eigenvalue weighted by Gasteiger charge is 2.29. The van der Waals surface area contributed by atoms with Crippen molar-refractivity contribution < 1.29 is 22.4 Å². The van der Waals surface area contributed by atoms with Crippen LogP contribution < -0.4 is 4.74 Å². The Hall–Kier alpha value is -2.55. The number of hydrogen-bond acceptors (Lipinski definition) is 5. The normalized spacial score (nSPS) is 19.1. The summed E-state index contributed by atoms with van der Waals surface area (Å²) in [5.74, 6) is 2.58. The van der Waals surface area contributed by atoms with Crippen LogP contribution in [0.4, 0.5) is 13.2 Å². The summed E-state index contributed by atoms with van der Waals surface area (Å²) in [6.07, 6.45) is 2.43. The van der Waals surface area contributed by atoms with Crippen molar-refractivity contribution in [3.8, 4) is 5.75 Å². The Morgan fingerprint density at radius 2 is 1.90 bits per heavy atom. The highest BCUT2D eigenvalue weighted by molar-refractivity contribution is 5.86. The first-order valence-corrected chi connectivity index (χ1v) is 10.8. The zero-order valence-corrected chi connectivity index (χ0v) is 17.1. The van der Waals surface area contributed by atoms with E-state index in [0.717, 1.165) is 50.5 Å². The Morgan fingerprint density at radius 3 is 2.61 bits per heavy atom. The monoisotopic (exact) mass is 434 g/mol. The molecule has 3 heterocycles. The van der Waals surface area contributed by atoms with Gasteiger partial charge in [0.2, 0.25) is 5.89 Å². The van der Waals surface area contributed by atoms with Gasteiger partial charge in [0, 0.05) is 30.6 Å². The van der Waals surface area contributed by atoms with Crippen molar-refractivity contribution in [2.45, 2.75) is 63.4 Å². The van der Waals surface area contributed by atoms with Gasteiger partial charge in [-0.15, -0.1) is 0 Å². The second kappa shape index (κ2) is 8.18. The van der Waals surface area contributed by atoms with Crippen LogP contribution in [0.1, 0.15) is 49.7 Å². The van der Waals surface area contributed by atoms with Gasteiger partial charge in [-0.3, -0.25) is 4.90 Å². The van der Waals surface area contributed by atoms with E-state index in [-0.39, 0.29) is 6.10 Å². The Bertz CT molecular complexity index is 1030. The van der Waals surface area contributed by atoms with Crippen LogP contribution in [-0.2, 0) is 13.1 Å². The number of ether oxygens (including phenoxy) is 1. The third-order valence-electron chi connectivity index (χ3n) is 6.25. The minimum absolute atomic E-state index is 0.0311. The van der Waals surface area contributed by atoms with Gasteiger partial charge in [0.25, 0.3) is 0 Å². The summed E-state index contributed by atoms with van der Waals surface area (Å²) in [5.41, 5.74) is 0.534. The first-order chi connectivity index (χ1) is 14.9. The SMILES string of the molecule is FC(F)(F)Cn1ccc2c(OC3CCN(Cc4noc(C5CCC5)n4)CC3)cccc21. The number of alkyl halides is 3. The molecule has 2 fully saturated rings. The maximum atomic E-state index is 12.8. The van der Waals surface area contributed by atoms with Gasteiger partial charge in [-0.05, 0) is 43.9 Å². The molecular weight excluding hydrogens is 409 g/mol. The number of rotatable bonds is 6. The molecule has 3 aromatic rings. The topological polar surface area (TPSA) is 56.3 Å². The van der Waals surface area contributed by atoms with E-state index < -0.39 is 12.7 Å². The van der Waals surface area contributed by atoms with Crippen LogP contribution in [-0.4, -0.2) is 45.0 Å². The van der Waals surface area contributed by atoms with E-state index >= 15 is 0 Å². The summed E-state index contributed by atoms with van der Waals surface area (Å²) >= 11 is 0. The molecule has 166 valence electrons. The van der Waals surface area contributed by atoms with Crippen molar-refractivity contribution in [2.24, 2.45) is 0 Å². The average molecular weight is 434 g/mol. The van der Waals surface area contributed by atoms with Crippen molar-refractivity contribution in [1.82, 2.24) is 19.6 Å². The van der Waals surface area contributed by atoms with Crippen molar-refractivity contribution in [3.05, 3.63) is 42.2 Å². The number of likely N-dealkylation sites (tertiary alicyclic amines) is 1. The Labute approximate surface area is 178 Å². The van der Waals surface area contributed by atoms with Crippen molar-refractivity contribution in [2.75, 3.05) is 13.1 Å². The van der Waals surface area contributed by atoms with Gasteiger partial charge in [-0.25, -0.2) is 0 Å². The van der Waals surface area contributed by atoms with Gasteiger partial charge < -0.3 is 13.8 Å². The first kappa shape index (κ1) is 20.4. The van der Waals surface area contributed by atoms with Gasteiger partial charge in [0.05, 0.1) is 12.1 Å². The molecule has 1 saturated carbocycles. The van der Waals surface area contributed by atoms with Gasteiger partial charge in [-0.1, -0.05) is 17.6 Å². The lowest BCUT2D eigenvalue weighted by atomic mass is 9.85. The van der Waals surface area contributed by atoms with Gasteiger partial charge >= 0.3 is 6.18 Å². The van der Waals surface area contributed by atoms with Crippen LogP contribution in [0.15, 0.2) is 35.0 Å². The minimum Gasteiger partial charge on any atom is -0.490 e. The third kappa shape index (κ3) is 4.56. The second-order valence-electron chi connectivity index (χ2n) is 8.52. The molecular formula is C22H25F3N4O2. The number of hydrogen-bond donors (Lipinski definition) is 0. The highest BCUT2D eigenvalue weighted by Crippen LogP contribution is 2.35. The maximum absolute atomic E-state index is 12.8. The van der Waals surface area contributed by atoms with Crippen molar-refractivity contribution >= 4 is 10.9 Å². The first-order valence-electron chi connectivity index (χ1n) is 10.8. The molecule has 9 heteroatoms. The Balaban J connectivity index is 1.18. The molecule has 2 aromatic heterocycles. The van der Waals surface area contributed by atoms with E-state index in [1.165, 1.54) is 17.2 Å². The zero-order chi connectivity index (χ0) is 21.4. The molecule has 1 aliphatic heterocycles. The molecule has 0 unspecified atom stereocenters. The fourth-order valence-corrected chi connectivity index (χ4v) is 4.35. The van der Waals surface area contributed by atoms with Crippen molar-refractivity contribution in [3.63, 3.8) is 0 Å². The summed E-state index contributed by atoms with van der Waals surface area (Å²) < 4.78 is 51.2. The maximum Gasteiger partial charge on any atom is 0.406 e. The molecule has 1 saturated heterocycles. The Morgan fingerprint density at radius 1 is 1.10 bits per heavy atom. The highest BCUT2D eigenvalue weighted by atomic mass is 19.4. The van der Waals surface area contributed by atoms with E-state index in [1.807, 2.05) is 6.07 Å². The summed E-state index contributed by atoms with van der Waals surface area (Å²) in [4.78, 5) is 6.83. The molecule has 0 atom stereocenters. The number of fused-ring (bicyclic) bond motifs is 1. The summed E-state index contributed by atoms with van der Waals surface area (Å²) in [5, 5.41) is 4.83. The fourth-order valence-electron chi connectivity index (χ4n) is 4.35. The predicted octanol–water partition coefficient (Wildman–Crippen LogP) is 4.90. The summed E-state index contributed by atoms with van der Waals surface area (Å²) in [6, 6.07) is 6.96. The molecule has 0 spiro atoms. The molecule has 1 aromatic carbocycles. The van der Waals surface area contributed by atoms with E-state index in [1.54, 1.807) is 18.2 Å². The number of aromatic nitrogens is 3. The summed E-state index contributed by atoms with van der Waals surface area (Å²) in [7, 11) is 0. The van der Waals surface area contributed by atoms with Gasteiger partial charge in [0.1, 0.15) is 18.4 Å². The van der Waals surface area contributed by atoms with Crippen molar-refractivity contribution in [1.29, 1.82) is 0 Å². The van der Waals surface area contributed by atoms with Gasteiger partial charge in [0.15, 0.2) is 5.82 Å². The molecule has 0 radical (unpaired) electrons. The smallest absolute Gasteiger partial charge is 0.406 e. The quantitative estimate of drug-likeness (QED) is 0.553. The molecule has 0 N–H and O–H groups in total. The molecule has 1 aliphatic carbocycles. The summed E-state index contributed by atoms with van der Waals surface area (Å²) in [6.45, 7) is 1.36. The minimum atomic E-state index is -4.26. The lowest BCUT2D eigenvalue weighted by Gasteiger charge is -2.31. The molecule has 31 heavy (non-hydrogen) atoms. The standard InChI is InChI=1S/C22H25F3N4O2/c23-22(24,25)14-29-12-9-17-18(29)5-2-6-19(17)30-16-7-10-28(11-8-16)13-20-26-21(31-27-20)15-3-1-4-15/h2,5-6,9,12,15-16H,1,3-4,7-8,10-11,13-14H2. The van der Waals surface area contributed by atoms with Gasteiger partial charge in [-0.2, -0.15) is 18.2 Å². The Kier molecular flexibility index (Phi) is 5.37. The number of piperidine rings is 1. The van der Waals surface area contributed by atoms with E-state index in [0.29, 0.717) is 29.1 Å².